The zero-order chi connectivity index (χ0) is 26.5. The number of carbonyl (C=O) groups is 3. The average Bonchev–Trinajstić information content (AvgIpc) is 2.87. The first kappa shape index (κ1) is 25.6. The van der Waals surface area contributed by atoms with Crippen molar-refractivity contribution in [3.05, 3.63) is 98.0 Å². The second-order valence-corrected chi connectivity index (χ2v) is 8.70. The standard InChI is InChI=1S/C26H20BrN3O7/c1-2-36-23-14-17(5-12-22(23)37-15-16-3-6-18(27)7-4-16)13-21-24(31)28-26(33)29(25(21)32)19-8-10-20(11-9-19)30(34)35/h3-14H,2,15H2,1H3,(H,28,31,33)/b21-13+. The molecule has 11 heteroatoms. The molecule has 0 saturated carbocycles. The van der Waals surface area contributed by atoms with E-state index in [0.717, 1.165) is 27.1 Å². The summed E-state index contributed by atoms with van der Waals surface area (Å²) in [6, 6.07) is 16.5. The van der Waals surface area contributed by atoms with Crippen LogP contribution in [0.4, 0.5) is 16.2 Å². The van der Waals surface area contributed by atoms with E-state index in [0.29, 0.717) is 30.3 Å². The van der Waals surface area contributed by atoms with Gasteiger partial charge in [0, 0.05) is 16.6 Å². The molecular weight excluding hydrogens is 546 g/mol. The third-order valence-electron chi connectivity index (χ3n) is 5.31. The number of anilines is 1. The minimum atomic E-state index is -0.951. The van der Waals surface area contributed by atoms with E-state index in [4.69, 9.17) is 9.47 Å². The van der Waals surface area contributed by atoms with Crippen molar-refractivity contribution in [3.8, 4) is 11.5 Å². The van der Waals surface area contributed by atoms with Crippen molar-refractivity contribution in [1.82, 2.24) is 5.32 Å². The van der Waals surface area contributed by atoms with Crippen LogP contribution in [0.15, 0.2) is 76.8 Å². The molecule has 4 rings (SSSR count). The summed E-state index contributed by atoms with van der Waals surface area (Å²) in [6.45, 7) is 2.48. The van der Waals surface area contributed by atoms with Crippen molar-refractivity contribution in [1.29, 1.82) is 0 Å². The van der Waals surface area contributed by atoms with Crippen molar-refractivity contribution in [2.24, 2.45) is 0 Å². The lowest BCUT2D eigenvalue weighted by Gasteiger charge is -2.26. The molecule has 0 spiro atoms. The molecule has 10 nitrogen and oxygen atoms in total. The second kappa shape index (κ2) is 11.0. The number of non-ortho nitro benzene ring substituents is 1. The van der Waals surface area contributed by atoms with E-state index in [1.54, 1.807) is 18.2 Å². The number of carbonyl (C=O) groups excluding carboxylic acids is 3. The monoisotopic (exact) mass is 565 g/mol. The van der Waals surface area contributed by atoms with Gasteiger partial charge in [-0.3, -0.25) is 25.0 Å². The van der Waals surface area contributed by atoms with Gasteiger partial charge in [-0.15, -0.1) is 0 Å². The molecule has 0 aliphatic carbocycles. The normalized spacial score (nSPS) is 14.5. The highest BCUT2D eigenvalue weighted by molar-refractivity contribution is 9.10. The van der Waals surface area contributed by atoms with Gasteiger partial charge in [-0.1, -0.05) is 34.1 Å². The Balaban J connectivity index is 1.60. The fraction of sp³-hybridized carbons (Fsp3) is 0.115. The molecule has 188 valence electrons. The minimum absolute atomic E-state index is 0.0817. The lowest BCUT2D eigenvalue weighted by atomic mass is 10.1. The van der Waals surface area contributed by atoms with Crippen LogP contribution < -0.4 is 19.7 Å². The third-order valence-corrected chi connectivity index (χ3v) is 5.84. The molecule has 1 aliphatic heterocycles. The van der Waals surface area contributed by atoms with Gasteiger partial charge in [0.15, 0.2) is 11.5 Å². The van der Waals surface area contributed by atoms with Crippen molar-refractivity contribution in [2.75, 3.05) is 11.5 Å². The molecule has 0 aromatic heterocycles. The van der Waals surface area contributed by atoms with Crippen LogP contribution in [0.25, 0.3) is 6.08 Å². The van der Waals surface area contributed by atoms with Crippen LogP contribution in [0, 0.1) is 10.1 Å². The van der Waals surface area contributed by atoms with Crippen LogP contribution in [0.2, 0.25) is 0 Å². The van der Waals surface area contributed by atoms with Gasteiger partial charge in [-0.05, 0) is 60.5 Å². The van der Waals surface area contributed by atoms with Gasteiger partial charge in [0.2, 0.25) is 0 Å². The van der Waals surface area contributed by atoms with E-state index in [1.165, 1.54) is 18.2 Å². The maximum Gasteiger partial charge on any atom is 0.335 e. The molecular formula is C26H20BrN3O7. The Morgan fingerprint density at radius 2 is 1.68 bits per heavy atom. The number of nitro groups is 1. The molecule has 4 amide bonds. The van der Waals surface area contributed by atoms with Crippen LogP contribution >= 0.6 is 15.9 Å². The molecule has 0 bridgehead atoms. The average molecular weight is 566 g/mol. The second-order valence-electron chi connectivity index (χ2n) is 7.79. The molecule has 0 unspecified atom stereocenters. The number of halogens is 1. The van der Waals surface area contributed by atoms with Crippen LogP contribution in [-0.4, -0.2) is 29.4 Å². The minimum Gasteiger partial charge on any atom is -0.490 e. The summed E-state index contributed by atoms with van der Waals surface area (Å²) < 4.78 is 12.6. The molecule has 3 aromatic carbocycles. The van der Waals surface area contributed by atoms with Gasteiger partial charge in [0.25, 0.3) is 17.5 Å². The molecule has 3 aromatic rings. The lowest BCUT2D eigenvalue weighted by Crippen LogP contribution is -2.54. The SMILES string of the molecule is CCOc1cc(/C=C2\C(=O)NC(=O)N(c3ccc([N+](=O)[O-])cc3)C2=O)ccc1OCc1ccc(Br)cc1. The van der Waals surface area contributed by atoms with Crippen LogP contribution in [0.3, 0.4) is 0 Å². The zero-order valence-corrected chi connectivity index (χ0v) is 21.1. The van der Waals surface area contributed by atoms with Crippen LogP contribution in [0.1, 0.15) is 18.1 Å². The van der Waals surface area contributed by atoms with Gasteiger partial charge in [-0.25, -0.2) is 9.69 Å². The summed E-state index contributed by atoms with van der Waals surface area (Å²) in [6.07, 6.45) is 1.34. The topological polar surface area (TPSA) is 128 Å². The fourth-order valence-electron chi connectivity index (χ4n) is 3.53. The highest BCUT2D eigenvalue weighted by atomic mass is 79.9. The maximum absolute atomic E-state index is 13.1. The van der Waals surface area contributed by atoms with Gasteiger partial charge < -0.3 is 9.47 Å². The zero-order valence-electron chi connectivity index (χ0n) is 19.5. The molecule has 37 heavy (non-hydrogen) atoms. The van der Waals surface area contributed by atoms with Crippen molar-refractivity contribution < 1.29 is 28.8 Å². The van der Waals surface area contributed by atoms with E-state index in [2.05, 4.69) is 21.2 Å². The number of hydrogen-bond acceptors (Lipinski definition) is 7. The van der Waals surface area contributed by atoms with Gasteiger partial charge in [0.1, 0.15) is 12.2 Å². The van der Waals surface area contributed by atoms with E-state index in [1.807, 2.05) is 31.2 Å². The Morgan fingerprint density at radius 1 is 0.973 bits per heavy atom. The summed E-state index contributed by atoms with van der Waals surface area (Å²) in [5, 5.41) is 13.0. The molecule has 1 N–H and O–H groups in total. The van der Waals surface area contributed by atoms with E-state index in [9.17, 15) is 24.5 Å². The smallest absolute Gasteiger partial charge is 0.335 e. The van der Waals surface area contributed by atoms with Crippen LogP contribution in [0.5, 0.6) is 11.5 Å². The molecule has 0 radical (unpaired) electrons. The number of rotatable bonds is 8. The number of nitrogens with one attached hydrogen (secondary N) is 1. The molecule has 1 heterocycles. The van der Waals surface area contributed by atoms with E-state index < -0.39 is 22.8 Å². The Hall–Kier alpha value is -4.51. The molecule has 1 saturated heterocycles. The summed E-state index contributed by atoms with van der Waals surface area (Å²) in [7, 11) is 0. The van der Waals surface area contributed by atoms with E-state index in [-0.39, 0.29) is 16.9 Å². The van der Waals surface area contributed by atoms with E-state index >= 15 is 0 Å². The number of nitro benzene ring substituents is 1. The number of barbiturate groups is 1. The van der Waals surface area contributed by atoms with Gasteiger partial charge in [0.05, 0.1) is 17.2 Å². The maximum atomic E-state index is 13.1. The largest absolute Gasteiger partial charge is 0.490 e. The first-order chi connectivity index (χ1) is 17.8. The Bertz CT molecular complexity index is 1400. The van der Waals surface area contributed by atoms with Crippen LogP contribution in [-0.2, 0) is 16.2 Å². The number of urea groups is 1. The molecule has 1 fully saturated rings. The highest BCUT2D eigenvalue weighted by Gasteiger charge is 2.37. The fourth-order valence-corrected chi connectivity index (χ4v) is 3.79. The van der Waals surface area contributed by atoms with Crippen molar-refractivity contribution in [3.63, 3.8) is 0 Å². The lowest BCUT2D eigenvalue weighted by molar-refractivity contribution is -0.384. The summed E-state index contributed by atoms with van der Waals surface area (Å²) in [5.74, 6) is -0.826. The molecule has 0 atom stereocenters. The number of hydrogen-bond donors (Lipinski definition) is 1. The predicted molar refractivity (Wildman–Crippen MR) is 138 cm³/mol. The highest BCUT2D eigenvalue weighted by Crippen LogP contribution is 2.31. The number of benzene rings is 3. The number of nitrogens with zero attached hydrogens (tertiary/aromatic N) is 2. The number of ether oxygens (including phenoxy) is 2. The Kier molecular flexibility index (Phi) is 7.63. The number of imide groups is 2. The number of amides is 4. The Labute approximate surface area is 219 Å². The summed E-state index contributed by atoms with van der Waals surface area (Å²) in [5.41, 5.74) is 1.02. The summed E-state index contributed by atoms with van der Waals surface area (Å²) in [4.78, 5) is 49.1. The van der Waals surface area contributed by atoms with Crippen molar-refractivity contribution in [2.45, 2.75) is 13.5 Å². The van der Waals surface area contributed by atoms with Gasteiger partial charge in [-0.2, -0.15) is 0 Å². The molecule has 1 aliphatic rings. The van der Waals surface area contributed by atoms with Crippen molar-refractivity contribution >= 4 is 51.2 Å². The predicted octanol–water partition coefficient (Wildman–Crippen LogP) is 5.00. The first-order valence-corrected chi connectivity index (χ1v) is 11.9. The third kappa shape index (κ3) is 5.84. The van der Waals surface area contributed by atoms with Gasteiger partial charge >= 0.3 is 6.03 Å². The summed E-state index contributed by atoms with van der Waals surface area (Å²) >= 11 is 3.39. The Morgan fingerprint density at radius 3 is 2.32 bits per heavy atom. The quantitative estimate of drug-likeness (QED) is 0.176. The first-order valence-electron chi connectivity index (χ1n) is 11.1.